The van der Waals surface area contributed by atoms with Crippen molar-refractivity contribution in [2.24, 2.45) is 0 Å². The van der Waals surface area contributed by atoms with Crippen LogP contribution in [0.15, 0.2) is 36.7 Å². The Balaban J connectivity index is 1.63. The van der Waals surface area contributed by atoms with Gasteiger partial charge in [-0.15, -0.1) is 0 Å². The fourth-order valence-electron chi connectivity index (χ4n) is 3.49. The van der Waals surface area contributed by atoms with Crippen molar-refractivity contribution in [3.8, 4) is 0 Å². The molecule has 1 N–H and O–H groups in total. The molecule has 2 atom stereocenters. The van der Waals surface area contributed by atoms with E-state index in [0.717, 1.165) is 13.1 Å². The SMILES string of the molecule is c1ccc(CN2CC3CCC2c2[nH]cnc23)cc1. The monoisotopic (exact) mass is 239 g/mol. The maximum absolute atomic E-state index is 4.50. The molecule has 5 rings (SSSR count). The molecule has 2 aromatic rings. The summed E-state index contributed by atoms with van der Waals surface area (Å²) >= 11 is 0. The predicted molar refractivity (Wildman–Crippen MR) is 70.2 cm³/mol. The number of hydrogen-bond donors (Lipinski definition) is 1. The number of nitrogens with one attached hydrogen (secondary N) is 1. The molecule has 2 unspecified atom stereocenters. The average molecular weight is 239 g/mol. The van der Waals surface area contributed by atoms with Gasteiger partial charge in [0, 0.05) is 19.0 Å². The summed E-state index contributed by atoms with van der Waals surface area (Å²) in [6.45, 7) is 2.22. The van der Waals surface area contributed by atoms with Crippen LogP contribution in [0.1, 0.15) is 41.8 Å². The summed E-state index contributed by atoms with van der Waals surface area (Å²) in [6.07, 6.45) is 4.43. The molecule has 1 fully saturated rings. The maximum atomic E-state index is 4.50. The van der Waals surface area contributed by atoms with E-state index in [4.69, 9.17) is 0 Å². The molecule has 1 saturated heterocycles. The average Bonchev–Trinajstić information content (AvgIpc) is 2.91. The van der Waals surface area contributed by atoms with Crippen LogP contribution in [0.3, 0.4) is 0 Å². The van der Waals surface area contributed by atoms with Gasteiger partial charge in [0.2, 0.25) is 0 Å². The Morgan fingerprint density at radius 3 is 3.00 bits per heavy atom. The standard InChI is InChI=1S/C15H17N3/c1-2-4-11(5-3-1)8-18-9-12-6-7-13(18)15-14(12)16-10-17-15/h1-5,10,12-13H,6-9H2,(H,16,17). The van der Waals surface area contributed by atoms with Crippen LogP contribution in [-0.4, -0.2) is 21.4 Å². The Kier molecular flexibility index (Phi) is 2.27. The van der Waals surface area contributed by atoms with E-state index in [9.17, 15) is 0 Å². The zero-order valence-electron chi connectivity index (χ0n) is 10.3. The summed E-state index contributed by atoms with van der Waals surface area (Å²) in [5.41, 5.74) is 4.11. The van der Waals surface area contributed by atoms with Gasteiger partial charge in [-0.25, -0.2) is 4.98 Å². The number of hydrogen-bond acceptors (Lipinski definition) is 2. The van der Waals surface area contributed by atoms with Gasteiger partial charge in [-0.05, 0) is 18.4 Å². The number of imidazole rings is 1. The van der Waals surface area contributed by atoms with Gasteiger partial charge in [0.05, 0.1) is 23.8 Å². The number of nitrogens with zero attached hydrogens (tertiary/aromatic N) is 2. The second-order valence-corrected chi connectivity index (χ2v) is 5.41. The van der Waals surface area contributed by atoms with E-state index in [1.807, 2.05) is 6.33 Å². The smallest absolute Gasteiger partial charge is 0.0925 e. The Hall–Kier alpha value is -1.61. The van der Waals surface area contributed by atoms with Crippen molar-refractivity contribution in [3.63, 3.8) is 0 Å². The van der Waals surface area contributed by atoms with E-state index < -0.39 is 0 Å². The Labute approximate surface area is 107 Å². The van der Waals surface area contributed by atoms with E-state index >= 15 is 0 Å². The van der Waals surface area contributed by atoms with Crippen molar-refractivity contribution in [1.29, 1.82) is 0 Å². The molecule has 2 bridgehead atoms. The lowest BCUT2D eigenvalue weighted by Crippen LogP contribution is -2.42. The highest BCUT2D eigenvalue weighted by Crippen LogP contribution is 2.45. The van der Waals surface area contributed by atoms with E-state index in [1.165, 1.54) is 29.8 Å². The van der Waals surface area contributed by atoms with Crippen molar-refractivity contribution in [2.75, 3.05) is 6.54 Å². The van der Waals surface area contributed by atoms with Crippen molar-refractivity contribution >= 4 is 0 Å². The van der Waals surface area contributed by atoms with Gasteiger partial charge in [-0.2, -0.15) is 0 Å². The summed E-state index contributed by atoms with van der Waals surface area (Å²) in [5, 5.41) is 0. The molecular formula is C15H17N3. The molecule has 18 heavy (non-hydrogen) atoms. The molecule has 92 valence electrons. The van der Waals surface area contributed by atoms with Gasteiger partial charge >= 0.3 is 0 Å². The lowest BCUT2D eigenvalue weighted by Gasteiger charge is -2.44. The second-order valence-electron chi connectivity index (χ2n) is 5.41. The van der Waals surface area contributed by atoms with Crippen LogP contribution in [0.5, 0.6) is 0 Å². The molecule has 0 saturated carbocycles. The molecule has 1 aromatic heterocycles. The molecule has 1 aliphatic carbocycles. The number of H-pyrrole nitrogens is 1. The zero-order chi connectivity index (χ0) is 11.9. The first-order valence-corrected chi connectivity index (χ1v) is 6.73. The first kappa shape index (κ1) is 10.3. The normalized spacial score (nSPS) is 26.2. The van der Waals surface area contributed by atoms with Gasteiger partial charge in [-0.3, -0.25) is 4.90 Å². The minimum atomic E-state index is 0.549. The van der Waals surface area contributed by atoms with Crippen LogP contribution >= 0.6 is 0 Å². The topological polar surface area (TPSA) is 31.9 Å². The third kappa shape index (κ3) is 1.51. The molecule has 0 amide bonds. The summed E-state index contributed by atoms with van der Waals surface area (Å²) in [6, 6.07) is 11.3. The largest absolute Gasteiger partial charge is 0.347 e. The Morgan fingerprint density at radius 1 is 1.22 bits per heavy atom. The van der Waals surface area contributed by atoms with Crippen molar-refractivity contribution in [1.82, 2.24) is 14.9 Å². The Morgan fingerprint density at radius 2 is 2.11 bits per heavy atom. The highest BCUT2D eigenvalue weighted by molar-refractivity contribution is 5.28. The number of benzene rings is 1. The number of piperidine rings is 1. The van der Waals surface area contributed by atoms with Crippen LogP contribution in [0.4, 0.5) is 0 Å². The molecule has 3 aliphatic rings. The zero-order valence-corrected chi connectivity index (χ0v) is 10.3. The second kappa shape index (κ2) is 3.95. The fourth-order valence-corrected chi connectivity index (χ4v) is 3.49. The summed E-state index contributed by atoms with van der Waals surface area (Å²) < 4.78 is 0. The third-order valence-electron chi connectivity index (χ3n) is 4.33. The van der Waals surface area contributed by atoms with Crippen LogP contribution in [0.2, 0.25) is 0 Å². The van der Waals surface area contributed by atoms with Gasteiger partial charge in [-0.1, -0.05) is 30.3 Å². The van der Waals surface area contributed by atoms with Crippen LogP contribution in [0.25, 0.3) is 0 Å². The van der Waals surface area contributed by atoms with Gasteiger partial charge in [0.1, 0.15) is 0 Å². The van der Waals surface area contributed by atoms with E-state index in [2.05, 4.69) is 45.2 Å². The van der Waals surface area contributed by atoms with Crippen molar-refractivity contribution in [2.45, 2.75) is 31.3 Å². The molecular weight excluding hydrogens is 222 g/mol. The molecule has 2 aliphatic heterocycles. The number of aromatic amines is 1. The molecule has 1 aromatic carbocycles. The van der Waals surface area contributed by atoms with Crippen molar-refractivity contribution in [3.05, 3.63) is 53.6 Å². The van der Waals surface area contributed by atoms with Gasteiger partial charge in [0.15, 0.2) is 0 Å². The van der Waals surface area contributed by atoms with Crippen molar-refractivity contribution < 1.29 is 0 Å². The summed E-state index contributed by atoms with van der Waals surface area (Å²) in [7, 11) is 0. The molecule has 0 spiro atoms. The van der Waals surface area contributed by atoms with Crippen LogP contribution in [0, 0.1) is 0 Å². The molecule has 3 heterocycles. The predicted octanol–water partition coefficient (Wildman–Crippen LogP) is 2.84. The van der Waals surface area contributed by atoms with E-state index in [0.29, 0.717) is 12.0 Å². The van der Waals surface area contributed by atoms with E-state index in [-0.39, 0.29) is 0 Å². The minimum absolute atomic E-state index is 0.549. The minimum Gasteiger partial charge on any atom is -0.347 e. The van der Waals surface area contributed by atoms with Crippen LogP contribution < -0.4 is 0 Å². The summed E-state index contributed by atoms with van der Waals surface area (Å²) in [5.74, 6) is 0.639. The lowest BCUT2D eigenvalue weighted by molar-refractivity contribution is 0.101. The number of aromatic nitrogens is 2. The van der Waals surface area contributed by atoms with Gasteiger partial charge in [0.25, 0.3) is 0 Å². The maximum Gasteiger partial charge on any atom is 0.0925 e. The number of fused-ring (bicyclic) bond motifs is 2. The van der Waals surface area contributed by atoms with E-state index in [1.54, 1.807) is 0 Å². The highest BCUT2D eigenvalue weighted by atomic mass is 15.2. The Bertz CT molecular complexity index is 546. The fraction of sp³-hybridized carbons (Fsp3) is 0.400. The third-order valence-corrected chi connectivity index (χ3v) is 4.33. The lowest BCUT2D eigenvalue weighted by atomic mass is 9.80. The highest BCUT2D eigenvalue weighted by Gasteiger charge is 2.39. The first-order valence-electron chi connectivity index (χ1n) is 6.73. The summed E-state index contributed by atoms with van der Waals surface area (Å²) in [4.78, 5) is 10.5. The number of rotatable bonds is 2. The first-order chi connectivity index (χ1) is 8.92. The quantitative estimate of drug-likeness (QED) is 0.874. The van der Waals surface area contributed by atoms with Crippen LogP contribution in [-0.2, 0) is 6.54 Å². The van der Waals surface area contributed by atoms with Gasteiger partial charge < -0.3 is 4.98 Å². The molecule has 0 radical (unpaired) electrons. The molecule has 3 heteroatoms. The molecule has 3 nitrogen and oxygen atoms in total.